The Balaban J connectivity index is 1.27. The number of thiazole rings is 1. The van der Waals surface area contributed by atoms with Crippen molar-refractivity contribution < 1.29 is 8.83 Å². The fourth-order valence-corrected chi connectivity index (χ4v) is 7.41. The molecular weight excluding hydrogens is 534 g/mol. The average Bonchev–Trinajstić information content (AvgIpc) is 3.74. The van der Waals surface area contributed by atoms with Gasteiger partial charge in [0.25, 0.3) is 0 Å². The first-order valence-electron chi connectivity index (χ1n) is 14.4. The van der Waals surface area contributed by atoms with Gasteiger partial charge in [0.15, 0.2) is 0 Å². The Bertz CT molecular complexity index is 2260. The summed E-state index contributed by atoms with van der Waals surface area (Å²) in [4.78, 5) is 5.31. The predicted molar refractivity (Wildman–Crippen MR) is 176 cm³/mol. The number of rotatable bonds is 3. The molecule has 0 saturated carbocycles. The minimum atomic E-state index is 0.558. The van der Waals surface area contributed by atoms with Crippen LogP contribution in [0.1, 0.15) is 18.4 Å². The van der Waals surface area contributed by atoms with Crippen LogP contribution < -0.4 is 0 Å². The van der Waals surface area contributed by atoms with Crippen LogP contribution in [0.15, 0.2) is 124 Å². The molecule has 0 spiro atoms. The van der Waals surface area contributed by atoms with Crippen LogP contribution in [0.2, 0.25) is 0 Å². The number of nitrogens with zero attached hydrogens (tertiary/aromatic N) is 1. The molecule has 3 nitrogen and oxygen atoms in total. The summed E-state index contributed by atoms with van der Waals surface area (Å²) in [5, 5.41) is 5.59. The highest BCUT2D eigenvalue weighted by Crippen LogP contribution is 2.43. The van der Waals surface area contributed by atoms with E-state index in [4.69, 9.17) is 13.8 Å². The molecule has 0 amide bonds. The molecule has 1 unspecified atom stereocenters. The molecule has 3 heterocycles. The zero-order chi connectivity index (χ0) is 27.8. The summed E-state index contributed by atoms with van der Waals surface area (Å²) in [7, 11) is 0. The summed E-state index contributed by atoms with van der Waals surface area (Å²) >= 11 is 1.78. The largest absolute Gasteiger partial charge is 0.456 e. The first kappa shape index (κ1) is 23.7. The van der Waals surface area contributed by atoms with Crippen LogP contribution in [0, 0.1) is 5.92 Å². The molecule has 0 saturated heterocycles. The second-order valence-corrected chi connectivity index (χ2v) is 12.2. The smallest absolute Gasteiger partial charge is 0.135 e. The molecule has 1 atom stereocenters. The Kier molecular flexibility index (Phi) is 5.11. The van der Waals surface area contributed by atoms with Crippen molar-refractivity contribution in [2.45, 2.75) is 13.3 Å². The van der Waals surface area contributed by atoms with E-state index in [0.29, 0.717) is 5.92 Å². The Hall–Kier alpha value is -4.93. The van der Waals surface area contributed by atoms with Gasteiger partial charge in [0.2, 0.25) is 0 Å². The summed E-state index contributed by atoms with van der Waals surface area (Å²) in [6, 6.07) is 34.0. The van der Waals surface area contributed by atoms with Crippen LogP contribution in [0.3, 0.4) is 0 Å². The molecule has 5 aromatic carbocycles. The van der Waals surface area contributed by atoms with E-state index in [1.54, 1.807) is 11.3 Å². The van der Waals surface area contributed by atoms with E-state index in [9.17, 15) is 0 Å². The fraction of sp³-hybridized carbons (Fsp3) is 0.0789. The minimum absolute atomic E-state index is 0.558. The van der Waals surface area contributed by atoms with Crippen LogP contribution in [-0.4, -0.2) is 4.98 Å². The topological polar surface area (TPSA) is 39.2 Å². The Labute approximate surface area is 246 Å². The van der Waals surface area contributed by atoms with E-state index < -0.39 is 0 Å². The van der Waals surface area contributed by atoms with Gasteiger partial charge in [-0.25, -0.2) is 4.98 Å². The molecule has 1 aliphatic rings. The number of furan rings is 2. The van der Waals surface area contributed by atoms with Crippen LogP contribution >= 0.6 is 11.3 Å². The standard InChI is InChI=1S/C38H25NO2S/c1-22-10-12-23(13-11-22)38-39-36-26(24-14-18-34-30(20-24)28-6-2-4-8-32(28)40-34)16-17-27(37(36)42-38)25-15-19-35-31(21-25)29-7-3-5-9-33(29)41-35/h2-10,12-22H,11H2,1H3. The normalized spacial score (nSPS) is 15.5. The van der Waals surface area contributed by atoms with E-state index in [-0.39, 0.29) is 0 Å². The highest BCUT2D eigenvalue weighted by molar-refractivity contribution is 7.20. The van der Waals surface area contributed by atoms with E-state index in [1.165, 1.54) is 21.4 Å². The van der Waals surface area contributed by atoms with Gasteiger partial charge in [-0.15, -0.1) is 11.3 Å². The summed E-state index contributed by atoms with van der Waals surface area (Å²) in [5.41, 5.74) is 10.5. The number of aromatic nitrogens is 1. The van der Waals surface area contributed by atoms with Gasteiger partial charge in [0.1, 0.15) is 27.3 Å². The maximum atomic E-state index is 6.13. The molecule has 8 aromatic rings. The molecule has 200 valence electrons. The summed E-state index contributed by atoms with van der Waals surface area (Å²) in [5.74, 6) is 0.558. The maximum absolute atomic E-state index is 6.13. The van der Waals surface area contributed by atoms with Crippen molar-refractivity contribution in [3.05, 3.63) is 120 Å². The van der Waals surface area contributed by atoms with E-state index >= 15 is 0 Å². The van der Waals surface area contributed by atoms with Gasteiger partial charge in [0, 0.05) is 38.2 Å². The van der Waals surface area contributed by atoms with Crippen molar-refractivity contribution in [1.29, 1.82) is 0 Å². The minimum Gasteiger partial charge on any atom is -0.456 e. The van der Waals surface area contributed by atoms with E-state index in [2.05, 4.69) is 97.9 Å². The number of hydrogen-bond donors (Lipinski definition) is 0. The third kappa shape index (κ3) is 3.62. The maximum Gasteiger partial charge on any atom is 0.135 e. The molecule has 4 heteroatoms. The zero-order valence-electron chi connectivity index (χ0n) is 22.9. The lowest BCUT2D eigenvalue weighted by molar-refractivity contribution is 0.668. The molecule has 42 heavy (non-hydrogen) atoms. The van der Waals surface area contributed by atoms with E-state index in [1.807, 2.05) is 24.3 Å². The SMILES string of the molecule is CC1C=CC(c2nc3c(-c4ccc5oc6ccccc6c5c4)ccc(-c4ccc5oc6ccccc6c5c4)c3s2)=CC1. The lowest BCUT2D eigenvalue weighted by Gasteiger charge is -2.09. The fourth-order valence-electron chi connectivity index (χ4n) is 6.26. The van der Waals surface area contributed by atoms with Crippen molar-refractivity contribution in [3.63, 3.8) is 0 Å². The molecule has 0 bridgehead atoms. The van der Waals surface area contributed by atoms with Crippen molar-refractivity contribution in [3.8, 4) is 22.3 Å². The van der Waals surface area contributed by atoms with Gasteiger partial charge in [-0.3, -0.25) is 0 Å². The lowest BCUT2D eigenvalue weighted by atomic mass is 9.96. The Morgan fingerprint density at radius 1 is 0.667 bits per heavy atom. The van der Waals surface area contributed by atoms with Crippen molar-refractivity contribution >= 4 is 71.0 Å². The van der Waals surface area contributed by atoms with Gasteiger partial charge in [-0.2, -0.15) is 0 Å². The summed E-state index contributed by atoms with van der Waals surface area (Å²) in [6.45, 7) is 2.25. The number of fused-ring (bicyclic) bond motifs is 7. The molecule has 9 rings (SSSR count). The van der Waals surface area contributed by atoms with Crippen molar-refractivity contribution in [1.82, 2.24) is 4.98 Å². The van der Waals surface area contributed by atoms with Gasteiger partial charge >= 0.3 is 0 Å². The van der Waals surface area contributed by atoms with Crippen molar-refractivity contribution in [2.75, 3.05) is 0 Å². The van der Waals surface area contributed by atoms with Gasteiger partial charge < -0.3 is 8.83 Å². The molecule has 0 fully saturated rings. The Morgan fingerprint density at radius 2 is 1.26 bits per heavy atom. The number of allylic oxidation sites excluding steroid dienone is 4. The number of para-hydroxylation sites is 2. The van der Waals surface area contributed by atoms with Crippen molar-refractivity contribution in [2.24, 2.45) is 5.92 Å². The van der Waals surface area contributed by atoms with Crippen LogP contribution in [0.4, 0.5) is 0 Å². The third-order valence-corrected chi connectivity index (χ3v) is 9.62. The van der Waals surface area contributed by atoms with E-state index in [0.717, 1.165) is 71.9 Å². The van der Waals surface area contributed by atoms with Crippen LogP contribution in [0.25, 0.3) is 81.9 Å². The molecular formula is C38H25NO2S. The highest BCUT2D eigenvalue weighted by Gasteiger charge is 2.19. The third-order valence-electron chi connectivity index (χ3n) is 8.48. The second kappa shape index (κ2) is 9.04. The Morgan fingerprint density at radius 3 is 1.90 bits per heavy atom. The zero-order valence-corrected chi connectivity index (χ0v) is 23.7. The number of hydrogen-bond acceptors (Lipinski definition) is 4. The van der Waals surface area contributed by atoms with Gasteiger partial charge in [0.05, 0.1) is 10.2 Å². The first-order valence-corrected chi connectivity index (χ1v) is 15.2. The number of benzene rings is 5. The summed E-state index contributed by atoms with van der Waals surface area (Å²) < 4.78 is 13.4. The first-order chi connectivity index (χ1) is 20.7. The van der Waals surface area contributed by atoms with Gasteiger partial charge in [-0.05, 0) is 59.9 Å². The molecule has 0 radical (unpaired) electrons. The average molecular weight is 560 g/mol. The predicted octanol–water partition coefficient (Wildman–Crippen LogP) is 11.4. The molecule has 0 aliphatic heterocycles. The molecule has 3 aromatic heterocycles. The van der Waals surface area contributed by atoms with Crippen LogP contribution in [0.5, 0.6) is 0 Å². The van der Waals surface area contributed by atoms with Crippen LogP contribution in [-0.2, 0) is 0 Å². The highest BCUT2D eigenvalue weighted by atomic mass is 32.1. The summed E-state index contributed by atoms with van der Waals surface area (Å²) in [6.07, 6.45) is 7.89. The second-order valence-electron chi connectivity index (χ2n) is 11.2. The molecule has 0 N–H and O–H groups in total. The molecule has 1 aliphatic carbocycles. The lowest BCUT2D eigenvalue weighted by Crippen LogP contribution is -1.93. The van der Waals surface area contributed by atoms with Gasteiger partial charge in [-0.1, -0.05) is 85.8 Å². The quantitative estimate of drug-likeness (QED) is 0.216. The monoisotopic (exact) mass is 559 g/mol.